The molecule has 1 saturated heterocycles. The average molecular weight is 359 g/mol. The van der Waals surface area contributed by atoms with E-state index in [0.29, 0.717) is 6.54 Å². The van der Waals surface area contributed by atoms with E-state index in [0.717, 1.165) is 25.1 Å². The van der Waals surface area contributed by atoms with Gasteiger partial charge in [0.25, 0.3) is 5.91 Å². The Bertz CT molecular complexity index is 664. The van der Waals surface area contributed by atoms with Crippen molar-refractivity contribution in [1.82, 2.24) is 10.2 Å². The molecule has 3 rings (SSSR count). The molecule has 1 fully saturated rings. The number of benzene rings is 1. The number of ether oxygens (including phenoxy) is 1. The number of rotatable bonds is 6. The second-order valence-corrected chi connectivity index (χ2v) is 7.62. The molecule has 0 radical (unpaired) electrons. The van der Waals surface area contributed by atoms with E-state index in [-0.39, 0.29) is 12.1 Å². The van der Waals surface area contributed by atoms with Gasteiger partial charge in [-0.15, -0.1) is 11.3 Å². The van der Waals surface area contributed by atoms with E-state index in [2.05, 4.69) is 16.8 Å². The minimum absolute atomic E-state index is 0.0355. The average Bonchev–Trinajstić information content (AvgIpc) is 3.15. The fourth-order valence-corrected chi connectivity index (χ4v) is 3.82. The number of nitrogens with zero attached hydrogens (tertiary/aromatic N) is 1. The maximum atomic E-state index is 13.1. The first-order valence-corrected chi connectivity index (χ1v) is 9.81. The lowest BCUT2D eigenvalue weighted by Crippen LogP contribution is -2.53. The topological polar surface area (TPSA) is 41.6 Å². The zero-order valence-corrected chi connectivity index (χ0v) is 15.7. The number of hydrogen-bond acceptors (Lipinski definition) is 4. The maximum absolute atomic E-state index is 13.1. The molecule has 1 N–H and O–H groups in total. The highest BCUT2D eigenvalue weighted by Crippen LogP contribution is 2.21. The highest BCUT2D eigenvalue weighted by molar-refractivity contribution is 7.09. The maximum Gasteiger partial charge on any atom is 0.264 e. The van der Waals surface area contributed by atoms with E-state index >= 15 is 0 Å². The van der Waals surface area contributed by atoms with Crippen LogP contribution in [0.4, 0.5) is 0 Å². The molecule has 4 nitrogen and oxygen atoms in total. The van der Waals surface area contributed by atoms with Crippen LogP contribution in [0.1, 0.15) is 36.6 Å². The Kier molecular flexibility index (Phi) is 6.10. The van der Waals surface area contributed by atoms with Gasteiger partial charge in [0.05, 0.1) is 12.7 Å². The summed E-state index contributed by atoms with van der Waals surface area (Å²) in [4.78, 5) is 16.3. The van der Waals surface area contributed by atoms with Gasteiger partial charge < -0.3 is 9.64 Å². The fourth-order valence-electron chi connectivity index (χ4n) is 3.12. The summed E-state index contributed by atoms with van der Waals surface area (Å²) >= 11 is 1.69. The first-order chi connectivity index (χ1) is 12.1. The van der Waals surface area contributed by atoms with Gasteiger partial charge in [-0.1, -0.05) is 23.8 Å². The highest BCUT2D eigenvalue weighted by Gasteiger charge is 2.29. The van der Waals surface area contributed by atoms with E-state index in [1.807, 2.05) is 49.1 Å². The van der Waals surface area contributed by atoms with Crippen molar-refractivity contribution in [3.8, 4) is 5.75 Å². The Morgan fingerprint density at radius 1 is 1.32 bits per heavy atom. The summed E-state index contributed by atoms with van der Waals surface area (Å²) in [6, 6.07) is 11.9. The second kappa shape index (κ2) is 8.50. The van der Waals surface area contributed by atoms with Gasteiger partial charge in [0.15, 0.2) is 6.10 Å². The molecule has 2 aromatic rings. The van der Waals surface area contributed by atoms with E-state index in [9.17, 15) is 4.79 Å². The smallest absolute Gasteiger partial charge is 0.264 e. The van der Waals surface area contributed by atoms with E-state index in [1.54, 1.807) is 11.3 Å². The molecule has 1 aromatic carbocycles. The van der Waals surface area contributed by atoms with E-state index < -0.39 is 6.10 Å². The second-order valence-electron chi connectivity index (χ2n) is 6.58. The molecule has 0 spiro atoms. The summed E-state index contributed by atoms with van der Waals surface area (Å²) in [6.45, 7) is 5.48. The van der Waals surface area contributed by atoms with Crippen LogP contribution in [0.3, 0.4) is 0 Å². The molecule has 1 aliphatic heterocycles. The number of carbonyl (C=O) groups is 1. The molecular weight excluding hydrogens is 332 g/mol. The first kappa shape index (κ1) is 18.0. The Hall–Kier alpha value is -1.85. The molecule has 1 aliphatic rings. The molecule has 2 atom stereocenters. The Morgan fingerprint density at radius 3 is 2.76 bits per heavy atom. The minimum atomic E-state index is -0.508. The molecule has 25 heavy (non-hydrogen) atoms. The molecule has 2 unspecified atom stereocenters. The van der Waals surface area contributed by atoms with Crippen molar-refractivity contribution < 1.29 is 9.53 Å². The monoisotopic (exact) mass is 358 g/mol. The van der Waals surface area contributed by atoms with Crippen LogP contribution in [0.15, 0.2) is 41.8 Å². The van der Waals surface area contributed by atoms with Crippen molar-refractivity contribution in [2.24, 2.45) is 0 Å². The van der Waals surface area contributed by atoms with Crippen LogP contribution >= 0.6 is 11.3 Å². The molecule has 1 amide bonds. The summed E-state index contributed by atoms with van der Waals surface area (Å²) in [5.74, 6) is 0.771. The van der Waals surface area contributed by atoms with Gasteiger partial charge in [0.1, 0.15) is 5.75 Å². The predicted octanol–water partition coefficient (Wildman–Crippen LogP) is 3.95. The number of aryl methyl sites for hydroxylation is 1. The standard InChI is InChI=1S/C20H26N2O2S/c1-15-8-10-17(11-9-15)24-16(2)20(23)22(14-18-6-5-13-25-18)19-7-3-4-12-21-19/h5-6,8-11,13,16,19,21H,3-4,7,12,14H2,1-2H3. The van der Waals surface area contributed by atoms with Crippen LogP contribution < -0.4 is 10.1 Å². The lowest BCUT2D eigenvalue weighted by Gasteiger charge is -2.36. The Balaban J connectivity index is 1.71. The molecule has 2 heterocycles. The first-order valence-electron chi connectivity index (χ1n) is 8.93. The molecule has 134 valence electrons. The largest absolute Gasteiger partial charge is 0.481 e. The third-order valence-electron chi connectivity index (χ3n) is 4.53. The van der Waals surface area contributed by atoms with Crippen LogP contribution in [-0.2, 0) is 11.3 Å². The number of carbonyl (C=O) groups excluding carboxylic acids is 1. The molecule has 0 saturated carbocycles. The fraction of sp³-hybridized carbons (Fsp3) is 0.450. The molecule has 1 aromatic heterocycles. The molecule has 5 heteroatoms. The lowest BCUT2D eigenvalue weighted by molar-refractivity contribution is -0.142. The van der Waals surface area contributed by atoms with Crippen LogP contribution in [0.2, 0.25) is 0 Å². The van der Waals surface area contributed by atoms with E-state index in [1.165, 1.54) is 16.9 Å². The van der Waals surface area contributed by atoms with E-state index in [4.69, 9.17) is 4.74 Å². The van der Waals surface area contributed by atoms with Crippen molar-refractivity contribution in [2.45, 2.75) is 51.9 Å². The van der Waals surface area contributed by atoms with Gasteiger partial charge in [0, 0.05) is 4.88 Å². The summed E-state index contributed by atoms with van der Waals surface area (Å²) in [5, 5.41) is 5.55. The number of nitrogens with one attached hydrogen (secondary N) is 1. The molecule has 0 bridgehead atoms. The van der Waals surface area contributed by atoms with Gasteiger partial charge in [0.2, 0.25) is 0 Å². The number of amides is 1. The van der Waals surface area contributed by atoms with Crippen LogP contribution in [0, 0.1) is 6.92 Å². The quantitative estimate of drug-likeness (QED) is 0.850. The SMILES string of the molecule is Cc1ccc(OC(C)C(=O)N(Cc2cccs2)C2CCCCN2)cc1. The van der Waals surface area contributed by atoms with Gasteiger partial charge in [-0.05, 0) is 63.2 Å². The van der Waals surface area contributed by atoms with Crippen molar-refractivity contribution in [2.75, 3.05) is 6.54 Å². The minimum Gasteiger partial charge on any atom is -0.481 e. The third kappa shape index (κ3) is 4.83. The number of piperidine rings is 1. The lowest BCUT2D eigenvalue weighted by atomic mass is 10.1. The predicted molar refractivity (Wildman–Crippen MR) is 102 cm³/mol. The van der Waals surface area contributed by atoms with Gasteiger partial charge in [-0.25, -0.2) is 0 Å². The summed E-state index contributed by atoms with van der Waals surface area (Å²) < 4.78 is 5.91. The van der Waals surface area contributed by atoms with Crippen LogP contribution in [-0.4, -0.2) is 29.6 Å². The van der Waals surface area contributed by atoms with Crippen molar-refractivity contribution in [3.05, 3.63) is 52.2 Å². The third-order valence-corrected chi connectivity index (χ3v) is 5.39. The van der Waals surface area contributed by atoms with Crippen LogP contribution in [0.5, 0.6) is 5.75 Å². The van der Waals surface area contributed by atoms with Crippen molar-refractivity contribution in [3.63, 3.8) is 0 Å². The van der Waals surface area contributed by atoms with Gasteiger partial charge >= 0.3 is 0 Å². The normalized spacial score (nSPS) is 18.6. The number of thiophene rings is 1. The molecular formula is C20H26N2O2S. The van der Waals surface area contributed by atoms with Crippen molar-refractivity contribution >= 4 is 17.2 Å². The Labute approximate surface area is 153 Å². The summed E-state index contributed by atoms with van der Waals surface area (Å²) in [6.07, 6.45) is 2.90. The van der Waals surface area contributed by atoms with Gasteiger partial charge in [-0.2, -0.15) is 0 Å². The summed E-state index contributed by atoms with van der Waals surface area (Å²) in [5.41, 5.74) is 1.18. The molecule has 0 aliphatic carbocycles. The Morgan fingerprint density at radius 2 is 2.12 bits per heavy atom. The highest BCUT2D eigenvalue weighted by atomic mass is 32.1. The summed E-state index contributed by atoms with van der Waals surface area (Å²) in [7, 11) is 0. The number of hydrogen-bond donors (Lipinski definition) is 1. The van der Waals surface area contributed by atoms with Gasteiger partial charge in [-0.3, -0.25) is 10.1 Å². The zero-order chi connectivity index (χ0) is 17.6. The zero-order valence-electron chi connectivity index (χ0n) is 14.9. The van der Waals surface area contributed by atoms with Crippen LogP contribution in [0.25, 0.3) is 0 Å². The van der Waals surface area contributed by atoms with Crippen molar-refractivity contribution in [1.29, 1.82) is 0 Å².